The predicted octanol–water partition coefficient (Wildman–Crippen LogP) is 1.50. The first-order valence-electron chi connectivity index (χ1n) is 8.31. The van der Waals surface area contributed by atoms with E-state index in [0.717, 1.165) is 37.2 Å². The topological polar surface area (TPSA) is 73.4 Å². The molecule has 0 saturated carbocycles. The molecule has 0 aliphatic carbocycles. The number of nitrogens with two attached hydrogens (primary N) is 1. The molecule has 2 aromatic rings. The lowest BCUT2D eigenvalue weighted by atomic mass is 9.92. The van der Waals surface area contributed by atoms with Crippen molar-refractivity contribution >= 4 is 5.91 Å². The Morgan fingerprint density at radius 2 is 2.21 bits per heavy atom. The molecule has 24 heavy (non-hydrogen) atoms. The molecule has 0 saturated heterocycles. The fraction of sp³-hybridized carbons (Fsp3) is 0.444. The molecule has 0 bridgehead atoms. The lowest BCUT2D eigenvalue weighted by Crippen LogP contribution is -2.42. The predicted molar refractivity (Wildman–Crippen MR) is 91.2 cm³/mol. The fourth-order valence-corrected chi connectivity index (χ4v) is 3.38. The zero-order valence-electron chi connectivity index (χ0n) is 14.0. The summed E-state index contributed by atoms with van der Waals surface area (Å²) in [5.41, 5.74) is 9.06. The van der Waals surface area contributed by atoms with Crippen LogP contribution in [0.1, 0.15) is 29.3 Å². The first-order valence-corrected chi connectivity index (χ1v) is 8.31. The summed E-state index contributed by atoms with van der Waals surface area (Å²) in [6.45, 7) is 2.99. The van der Waals surface area contributed by atoms with E-state index in [9.17, 15) is 4.79 Å². The number of primary amides is 1. The highest BCUT2D eigenvalue weighted by molar-refractivity contribution is 5.82. The summed E-state index contributed by atoms with van der Waals surface area (Å²) < 4.78 is 7.09. The second kappa shape index (κ2) is 7.59. The maximum absolute atomic E-state index is 12.1. The van der Waals surface area contributed by atoms with Crippen LogP contribution in [0.4, 0.5) is 0 Å². The summed E-state index contributed by atoms with van der Waals surface area (Å²) in [6.07, 6.45) is 3.64. The average molecular weight is 328 g/mol. The molecule has 1 amide bonds. The van der Waals surface area contributed by atoms with Gasteiger partial charge in [-0.25, -0.2) is 0 Å². The van der Waals surface area contributed by atoms with Gasteiger partial charge < -0.3 is 10.5 Å². The van der Waals surface area contributed by atoms with Crippen molar-refractivity contribution in [3.05, 3.63) is 53.3 Å². The van der Waals surface area contributed by atoms with Crippen molar-refractivity contribution in [3.8, 4) is 0 Å². The molecule has 2 N–H and O–H groups in total. The van der Waals surface area contributed by atoms with Crippen LogP contribution in [0.2, 0.25) is 0 Å². The summed E-state index contributed by atoms with van der Waals surface area (Å²) in [7, 11) is 1.70. The highest BCUT2D eigenvalue weighted by Crippen LogP contribution is 2.30. The number of hydrogen-bond donors (Lipinski definition) is 1. The van der Waals surface area contributed by atoms with Crippen molar-refractivity contribution < 1.29 is 9.53 Å². The molecule has 0 spiro atoms. The van der Waals surface area contributed by atoms with Gasteiger partial charge in [-0.15, -0.1) is 0 Å². The number of benzene rings is 1. The number of fused-ring (bicyclic) bond motifs is 1. The third-order valence-corrected chi connectivity index (χ3v) is 4.54. The molecule has 1 aromatic carbocycles. The second-order valence-electron chi connectivity index (χ2n) is 6.12. The zero-order valence-corrected chi connectivity index (χ0v) is 14.0. The Labute approximate surface area is 142 Å². The minimum atomic E-state index is -0.378. The third kappa shape index (κ3) is 3.49. The quantitative estimate of drug-likeness (QED) is 0.782. The van der Waals surface area contributed by atoms with Gasteiger partial charge >= 0.3 is 0 Å². The van der Waals surface area contributed by atoms with E-state index in [1.807, 2.05) is 28.9 Å². The molecule has 128 valence electrons. The van der Waals surface area contributed by atoms with E-state index < -0.39 is 0 Å². The van der Waals surface area contributed by atoms with Crippen molar-refractivity contribution in [3.63, 3.8) is 0 Å². The second-order valence-corrected chi connectivity index (χ2v) is 6.12. The SMILES string of the molecule is COCCCn1nccc1CN1CCc2ccccc2C1C(N)=O. The molecule has 3 rings (SSSR count). The molecule has 1 unspecified atom stereocenters. The molecule has 1 atom stereocenters. The van der Waals surface area contributed by atoms with E-state index in [1.165, 1.54) is 5.56 Å². The van der Waals surface area contributed by atoms with E-state index in [1.54, 1.807) is 13.3 Å². The van der Waals surface area contributed by atoms with Crippen molar-refractivity contribution in [2.45, 2.75) is 32.0 Å². The van der Waals surface area contributed by atoms with Gasteiger partial charge in [0, 0.05) is 39.5 Å². The Hall–Kier alpha value is -2.18. The van der Waals surface area contributed by atoms with Gasteiger partial charge in [-0.2, -0.15) is 5.10 Å². The summed E-state index contributed by atoms with van der Waals surface area (Å²) in [4.78, 5) is 14.2. The van der Waals surface area contributed by atoms with E-state index in [0.29, 0.717) is 13.2 Å². The maximum Gasteiger partial charge on any atom is 0.239 e. The average Bonchev–Trinajstić information content (AvgIpc) is 3.01. The van der Waals surface area contributed by atoms with Crippen molar-refractivity contribution in [2.75, 3.05) is 20.3 Å². The van der Waals surface area contributed by atoms with Crippen LogP contribution in [0.5, 0.6) is 0 Å². The number of carbonyl (C=O) groups is 1. The van der Waals surface area contributed by atoms with Crippen LogP contribution < -0.4 is 5.73 Å². The van der Waals surface area contributed by atoms with Gasteiger partial charge in [0.15, 0.2) is 0 Å². The third-order valence-electron chi connectivity index (χ3n) is 4.54. The number of methoxy groups -OCH3 is 1. The van der Waals surface area contributed by atoms with Crippen LogP contribution >= 0.6 is 0 Å². The fourth-order valence-electron chi connectivity index (χ4n) is 3.38. The molecule has 0 radical (unpaired) electrons. The van der Waals surface area contributed by atoms with E-state index in [2.05, 4.69) is 16.1 Å². The molecule has 0 fully saturated rings. The number of aromatic nitrogens is 2. The summed E-state index contributed by atoms with van der Waals surface area (Å²) in [6, 6.07) is 9.69. The van der Waals surface area contributed by atoms with Crippen molar-refractivity contribution in [1.82, 2.24) is 14.7 Å². The van der Waals surface area contributed by atoms with Crippen molar-refractivity contribution in [2.24, 2.45) is 5.73 Å². The van der Waals surface area contributed by atoms with Gasteiger partial charge in [0.05, 0.1) is 5.69 Å². The molecule has 6 nitrogen and oxygen atoms in total. The Kier molecular flexibility index (Phi) is 5.27. The lowest BCUT2D eigenvalue weighted by molar-refractivity contribution is -0.124. The Balaban J connectivity index is 1.78. The number of rotatable bonds is 7. The van der Waals surface area contributed by atoms with E-state index in [4.69, 9.17) is 10.5 Å². The van der Waals surface area contributed by atoms with Crippen LogP contribution in [0.3, 0.4) is 0 Å². The first-order chi connectivity index (χ1) is 11.7. The molecule has 1 aromatic heterocycles. The summed E-state index contributed by atoms with van der Waals surface area (Å²) >= 11 is 0. The molecule has 2 heterocycles. The highest BCUT2D eigenvalue weighted by atomic mass is 16.5. The molecule has 1 aliphatic rings. The van der Waals surface area contributed by atoms with Gasteiger partial charge in [-0.1, -0.05) is 24.3 Å². The van der Waals surface area contributed by atoms with Crippen LogP contribution in [0.25, 0.3) is 0 Å². The summed E-state index contributed by atoms with van der Waals surface area (Å²) in [5.74, 6) is -0.299. The van der Waals surface area contributed by atoms with Crippen LogP contribution in [-0.2, 0) is 29.0 Å². The van der Waals surface area contributed by atoms with Gasteiger partial charge in [-0.3, -0.25) is 14.4 Å². The van der Waals surface area contributed by atoms with Gasteiger partial charge in [-0.05, 0) is 30.0 Å². The molecule has 6 heteroatoms. The van der Waals surface area contributed by atoms with E-state index in [-0.39, 0.29) is 11.9 Å². The normalized spacial score (nSPS) is 17.6. The smallest absolute Gasteiger partial charge is 0.239 e. The number of hydrogen-bond acceptors (Lipinski definition) is 4. The minimum absolute atomic E-state index is 0.299. The Morgan fingerprint density at radius 1 is 1.38 bits per heavy atom. The number of aryl methyl sites for hydroxylation is 1. The Morgan fingerprint density at radius 3 is 3.00 bits per heavy atom. The number of nitrogens with zero attached hydrogens (tertiary/aromatic N) is 3. The molecule has 1 aliphatic heterocycles. The van der Waals surface area contributed by atoms with Crippen LogP contribution in [0, 0.1) is 0 Å². The van der Waals surface area contributed by atoms with Gasteiger partial charge in [0.1, 0.15) is 6.04 Å². The van der Waals surface area contributed by atoms with Gasteiger partial charge in [0.2, 0.25) is 5.91 Å². The standard InChI is InChI=1S/C18H24N4O2/c1-24-12-4-10-22-15(7-9-20-22)13-21-11-8-14-5-2-3-6-16(14)17(21)18(19)23/h2-3,5-7,9,17H,4,8,10-13H2,1H3,(H2,19,23). The number of amides is 1. The zero-order chi connectivity index (χ0) is 16.9. The first kappa shape index (κ1) is 16.7. The summed E-state index contributed by atoms with van der Waals surface area (Å²) in [5, 5.41) is 4.39. The van der Waals surface area contributed by atoms with Crippen molar-refractivity contribution in [1.29, 1.82) is 0 Å². The Bertz CT molecular complexity index is 698. The highest BCUT2D eigenvalue weighted by Gasteiger charge is 2.31. The maximum atomic E-state index is 12.1. The van der Waals surface area contributed by atoms with Crippen LogP contribution in [0.15, 0.2) is 36.5 Å². The van der Waals surface area contributed by atoms with Gasteiger partial charge in [0.25, 0.3) is 0 Å². The molecular weight excluding hydrogens is 304 g/mol. The number of ether oxygens (including phenoxy) is 1. The minimum Gasteiger partial charge on any atom is -0.385 e. The lowest BCUT2D eigenvalue weighted by Gasteiger charge is -2.35. The largest absolute Gasteiger partial charge is 0.385 e. The molecular formula is C18H24N4O2. The number of carbonyl (C=O) groups excluding carboxylic acids is 1. The monoisotopic (exact) mass is 328 g/mol. The van der Waals surface area contributed by atoms with E-state index >= 15 is 0 Å². The van der Waals surface area contributed by atoms with Crippen LogP contribution in [-0.4, -0.2) is 40.8 Å².